The average molecular weight is 540 g/mol. The molecular weight excluding hydrogens is 516 g/mol. The van der Waals surface area contributed by atoms with Gasteiger partial charge in [0, 0.05) is 62.4 Å². The molecule has 4 heterocycles. The zero-order valence-electron chi connectivity index (χ0n) is 20.0. The first-order chi connectivity index (χ1) is 17.9. The Labute approximate surface area is 223 Å². The number of hydrogen-bond acceptors (Lipinski definition) is 6. The number of aromatic nitrogens is 4. The number of methoxy groups -OCH3 is 1. The number of pyridine rings is 2. The highest BCUT2D eigenvalue weighted by molar-refractivity contribution is 6.37. The van der Waals surface area contributed by atoms with Crippen molar-refractivity contribution in [3.8, 4) is 5.75 Å². The van der Waals surface area contributed by atoms with Crippen molar-refractivity contribution in [3.05, 3.63) is 88.1 Å². The van der Waals surface area contributed by atoms with Gasteiger partial charge in [-0.3, -0.25) is 20.0 Å². The summed E-state index contributed by atoms with van der Waals surface area (Å²) in [5.74, 6) is 0.305. The second-order valence-corrected chi connectivity index (χ2v) is 9.55. The summed E-state index contributed by atoms with van der Waals surface area (Å²) in [4.78, 5) is 10.7. The van der Waals surface area contributed by atoms with Crippen LogP contribution in [0.15, 0.2) is 55.5 Å². The van der Waals surface area contributed by atoms with Crippen molar-refractivity contribution in [1.82, 2.24) is 25.1 Å². The molecule has 1 atom stereocenters. The smallest absolute Gasteiger partial charge is 0.134 e. The number of aromatic amines is 1. The van der Waals surface area contributed by atoms with Crippen LogP contribution in [0.4, 0.5) is 4.39 Å². The van der Waals surface area contributed by atoms with Gasteiger partial charge in [0.05, 0.1) is 38.6 Å². The molecule has 37 heavy (non-hydrogen) atoms. The van der Waals surface area contributed by atoms with Crippen molar-refractivity contribution in [2.75, 3.05) is 20.2 Å². The van der Waals surface area contributed by atoms with Crippen molar-refractivity contribution >= 4 is 51.8 Å². The lowest BCUT2D eigenvalue weighted by atomic mass is 10.1. The molecular formula is C27H24Cl2FN5O2. The second kappa shape index (κ2) is 11.0. The molecule has 3 aromatic heterocycles. The topological polar surface area (TPSA) is 76.2 Å². The number of benzene rings is 1. The number of halogens is 3. The van der Waals surface area contributed by atoms with Gasteiger partial charge < -0.3 is 9.47 Å². The predicted molar refractivity (Wildman–Crippen MR) is 144 cm³/mol. The van der Waals surface area contributed by atoms with Crippen molar-refractivity contribution in [3.63, 3.8) is 0 Å². The monoisotopic (exact) mass is 539 g/mol. The van der Waals surface area contributed by atoms with Gasteiger partial charge in [-0.1, -0.05) is 29.8 Å². The van der Waals surface area contributed by atoms with E-state index in [4.69, 9.17) is 32.7 Å². The van der Waals surface area contributed by atoms with E-state index in [-0.39, 0.29) is 11.9 Å². The van der Waals surface area contributed by atoms with Gasteiger partial charge in [-0.15, -0.1) is 0 Å². The molecule has 0 saturated carbocycles. The van der Waals surface area contributed by atoms with Crippen LogP contribution < -0.4 is 4.74 Å². The number of rotatable bonds is 8. The molecule has 0 amide bonds. The first-order valence-electron chi connectivity index (χ1n) is 11.6. The fraction of sp³-hybridized carbons (Fsp3) is 0.222. The van der Waals surface area contributed by atoms with Gasteiger partial charge in [0.1, 0.15) is 17.3 Å². The van der Waals surface area contributed by atoms with Crippen LogP contribution in [0, 0.1) is 0 Å². The van der Waals surface area contributed by atoms with E-state index in [2.05, 4.69) is 31.6 Å². The number of likely N-dealkylation sites (tertiary alicyclic amines) is 1. The number of ether oxygens (including phenoxy) is 2. The maximum absolute atomic E-state index is 15.1. The molecule has 7 nitrogen and oxygen atoms in total. The molecule has 190 valence electrons. The van der Waals surface area contributed by atoms with Crippen LogP contribution in [-0.4, -0.2) is 51.4 Å². The van der Waals surface area contributed by atoms with Gasteiger partial charge in [-0.25, -0.2) is 4.39 Å². The third-order valence-corrected chi connectivity index (χ3v) is 6.82. The Bertz CT molecular complexity index is 1450. The van der Waals surface area contributed by atoms with E-state index in [1.807, 2.05) is 6.07 Å². The van der Waals surface area contributed by atoms with E-state index in [0.29, 0.717) is 50.1 Å². The summed E-state index contributed by atoms with van der Waals surface area (Å²) in [6.45, 7) is 6.49. The SMILES string of the molecule is C=C(Oc1ccc2n[nH]c(/C=C(\F)c3ccc(CN4CCC(OC)C4)nc3)c2c1)c1c(Cl)cncc1Cl. The molecule has 1 aliphatic heterocycles. The molecule has 1 aromatic carbocycles. The number of H-pyrrole nitrogens is 1. The normalized spacial score (nSPS) is 16.4. The number of nitrogens with zero attached hydrogens (tertiary/aromatic N) is 4. The Kier molecular flexibility index (Phi) is 7.53. The molecule has 1 N–H and O–H groups in total. The lowest BCUT2D eigenvalue weighted by molar-refractivity contribution is 0.107. The van der Waals surface area contributed by atoms with Crippen molar-refractivity contribution in [2.45, 2.75) is 19.1 Å². The summed E-state index contributed by atoms with van der Waals surface area (Å²) >= 11 is 12.4. The highest BCUT2D eigenvalue weighted by atomic mass is 35.5. The quantitative estimate of drug-likeness (QED) is 0.261. The van der Waals surface area contributed by atoms with E-state index in [1.54, 1.807) is 37.6 Å². The van der Waals surface area contributed by atoms with Crippen LogP contribution in [0.2, 0.25) is 10.0 Å². The number of hydrogen-bond donors (Lipinski definition) is 1. The zero-order chi connectivity index (χ0) is 25.9. The molecule has 4 aromatic rings. The van der Waals surface area contributed by atoms with E-state index in [0.717, 1.165) is 25.2 Å². The van der Waals surface area contributed by atoms with Gasteiger partial charge in [-0.05, 0) is 36.8 Å². The number of fused-ring (bicyclic) bond motifs is 1. The van der Waals surface area contributed by atoms with Crippen molar-refractivity contribution < 1.29 is 13.9 Å². The summed E-state index contributed by atoms with van der Waals surface area (Å²) in [6, 6.07) is 8.83. The highest BCUT2D eigenvalue weighted by Crippen LogP contribution is 2.33. The third kappa shape index (κ3) is 5.67. The second-order valence-electron chi connectivity index (χ2n) is 8.73. The minimum absolute atomic E-state index is 0.263. The molecule has 1 saturated heterocycles. The van der Waals surface area contributed by atoms with E-state index in [1.165, 1.54) is 18.5 Å². The molecule has 5 rings (SSSR count). The van der Waals surface area contributed by atoms with Crippen LogP contribution in [0.3, 0.4) is 0 Å². The van der Waals surface area contributed by atoms with Crippen LogP contribution in [-0.2, 0) is 11.3 Å². The maximum Gasteiger partial charge on any atom is 0.134 e. The summed E-state index contributed by atoms with van der Waals surface area (Å²) in [5.41, 5.74) is 2.87. The lowest BCUT2D eigenvalue weighted by Gasteiger charge is -2.15. The van der Waals surface area contributed by atoms with E-state index >= 15 is 4.39 Å². The van der Waals surface area contributed by atoms with Crippen LogP contribution in [0.1, 0.15) is 28.9 Å². The van der Waals surface area contributed by atoms with Gasteiger partial charge >= 0.3 is 0 Å². The van der Waals surface area contributed by atoms with Gasteiger partial charge in [0.25, 0.3) is 0 Å². The largest absolute Gasteiger partial charge is 0.457 e. The molecule has 1 unspecified atom stereocenters. The van der Waals surface area contributed by atoms with E-state index < -0.39 is 5.83 Å². The Morgan fingerprint density at radius 1 is 1.22 bits per heavy atom. The molecule has 10 heteroatoms. The fourth-order valence-electron chi connectivity index (χ4n) is 4.29. The molecule has 0 bridgehead atoms. The van der Waals surface area contributed by atoms with Gasteiger partial charge in [0.2, 0.25) is 0 Å². The summed E-state index contributed by atoms with van der Waals surface area (Å²) < 4.78 is 26.5. The maximum atomic E-state index is 15.1. The molecule has 0 radical (unpaired) electrons. The standard InChI is InChI=1S/C27H24Cl2FN5O2/c1-16(27-22(28)12-31-13-23(27)29)37-19-5-6-25-21(9-19)26(34-33-25)10-24(30)17-3-4-18(32-11-17)14-35-8-7-20(15-35)36-2/h3-6,9-13,20H,1,7-8,14-15H2,2H3,(H,33,34)/b24-10-. The molecule has 1 aliphatic rings. The Morgan fingerprint density at radius 3 is 2.73 bits per heavy atom. The minimum Gasteiger partial charge on any atom is -0.457 e. The summed E-state index contributed by atoms with van der Waals surface area (Å²) in [7, 11) is 1.73. The third-order valence-electron chi connectivity index (χ3n) is 6.25. The lowest BCUT2D eigenvalue weighted by Crippen LogP contribution is -2.22. The zero-order valence-corrected chi connectivity index (χ0v) is 21.6. The highest BCUT2D eigenvalue weighted by Gasteiger charge is 2.22. The Balaban J connectivity index is 1.32. The first kappa shape index (κ1) is 25.4. The summed E-state index contributed by atoms with van der Waals surface area (Å²) in [5, 5.41) is 8.47. The van der Waals surface area contributed by atoms with Crippen LogP contribution in [0.5, 0.6) is 5.75 Å². The van der Waals surface area contributed by atoms with Crippen molar-refractivity contribution in [2.24, 2.45) is 0 Å². The first-order valence-corrected chi connectivity index (χ1v) is 12.4. The molecule has 0 spiro atoms. The van der Waals surface area contributed by atoms with Gasteiger partial charge in [-0.2, -0.15) is 5.10 Å². The molecule has 1 fully saturated rings. The Hall–Kier alpha value is -3.30. The minimum atomic E-state index is -0.434. The van der Waals surface area contributed by atoms with Crippen molar-refractivity contribution in [1.29, 1.82) is 0 Å². The van der Waals surface area contributed by atoms with Crippen LogP contribution >= 0.6 is 23.2 Å². The molecule has 0 aliphatic carbocycles. The summed E-state index contributed by atoms with van der Waals surface area (Å²) in [6.07, 6.45) is 7.14. The van der Waals surface area contributed by atoms with Crippen LogP contribution in [0.25, 0.3) is 28.6 Å². The Morgan fingerprint density at radius 2 is 2.03 bits per heavy atom. The van der Waals surface area contributed by atoms with E-state index in [9.17, 15) is 0 Å². The predicted octanol–water partition coefficient (Wildman–Crippen LogP) is 6.40. The number of nitrogens with one attached hydrogen (secondary N) is 1. The van der Waals surface area contributed by atoms with Gasteiger partial charge in [0.15, 0.2) is 0 Å². The fourth-order valence-corrected chi connectivity index (χ4v) is 4.86. The average Bonchev–Trinajstić information content (AvgIpc) is 3.51.